The van der Waals surface area contributed by atoms with Gasteiger partial charge in [0.1, 0.15) is 5.82 Å². The Bertz CT molecular complexity index is 549. The number of nitrogens with zero attached hydrogens (tertiary/aromatic N) is 2. The summed E-state index contributed by atoms with van der Waals surface area (Å²) in [6.45, 7) is 0. The highest BCUT2D eigenvalue weighted by molar-refractivity contribution is 5.69. The van der Waals surface area contributed by atoms with Crippen molar-refractivity contribution in [2.24, 2.45) is 7.05 Å². The molecule has 1 heterocycles. The number of alkyl halides is 2. The van der Waals surface area contributed by atoms with Crippen molar-refractivity contribution in [1.82, 2.24) is 9.78 Å². The fourth-order valence-corrected chi connectivity index (χ4v) is 1.60. The maximum absolute atomic E-state index is 13.3. The number of nitrogen functional groups attached to an aromatic ring is 1. The zero-order valence-corrected chi connectivity index (χ0v) is 8.99. The van der Waals surface area contributed by atoms with Gasteiger partial charge in [0.2, 0.25) is 0 Å². The number of aryl methyl sites for hydroxylation is 1. The van der Waals surface area contributed by atoms with Crippen LogP contribution in [0.4, 0.5) is 18.9 Å². The fourth-order valence-electron chi connectivity index (χ4n) is 1.60. The van der Waals surface area contributed by atoms with E-state index < -0.39 is 12.2 Å². The smallest absolute Gasteiger partial charge is 0.264 e. The number of halogens is 3. The molecule has 17 heavy (non-hydrogen) atoms. The molecule has 6 heteroatoms. The zero-order valence-electron chi connectivity index (χ0n) is 8.99. The van der Waals surface area contributed by atoms with Crippen molar-refractivity contribution < 1.29 is 13.2 Å². The van der Waals surface area contributed by atoms with Crippen LogP contribution in [0.25, 0.3) is 11.1 Å². The fraction of sp³-hybridized carbons (Fsp3) is 0.182. The summed E-state index contributed by atoms with van der Waals surface area (Å²) in [5.41, 5.74) is 5.25. The minimum Gasteiger partial charge on any atom is -0.396 e. The molecule has 0 unspecified atom stereocenters. The summed E-state index contributed by atoms with van der Waals surface area (Å²) in [6, 6.07) is 1.97. The highest BCUT2D eigenvalue weighted by Gasteiger charge is 2.18. The van der Waals surface area contributed by atoms with Gasteiger partial charge in [0.25, 0.3) is 6.43 Å². The molecule has 0 saturated heterocycles. The van der Waals surface area contributed by atoms with Crippen molar-refractivity contribution in [3.8, 4) is 11.1 Å². The van der Waals surface area contributed by atoms with E-state index in [1.54, 1.807) is 7.05 Å². The molecule has 0 radical (unpaired) electrons. The zero-order chi connectivity index (χ0) is 12.6. The molecule has 0 spiro atoms. The average Bonchev–Trinajstić information content (AvgIpc) is 2.68. The Morgan fingerprint density at radius 1 is 1.35 bits per heavy atom. The van der Waals surface area contributed by atoms with Crippen molar-refractivity contribution in [2.75, 3.05) is 5.73 Å². The van der Waals surface area contributed by atoms with E-state index in [9.17, 15) is 13.2 Å². The van der Waals surface area contributed by atoms with Crippen LogP contribution in [0.1, 0.15) is 12.0 Å². The maximum Gasteiger partial charge on any atom is 0.264 e. The molecule has 2 aromatic rings. The Morgan fingerprint density at radius 3 is 2.59 bits per heavy atom. The standard InChI is InChI=1S/C11H10F3N3/c1-17-5-6(4-16-17)7-2-9(12)10(15)3-8(7)11(13)14/h2-5,11H,15H2,1H3. The van der Waals surface area contributed by atoms with Gasteiger partial charge in [-0.3, -0.25) is 4.68 Å². The van der Waals surface area contributed by atoms with Crippen LogP contribution in [-0.4, -0.2) is 9.78 Å². The van der Waals surface area contributed by atoms with E-state index in [-0.39, 0.29) is 16.8 Å². The van der Waals surface area contributed by atoms with Crippen LogP contribution in [0.3, 0.4) is 0 Å². The molecule has 0 bridgehead atoms. The van der Waals surface area contributed by atoms with Gasteiger partial charge in [-0.05, 0) is 17.7 Å². The minimum absolute atomic E-state index is 0.111. The molecule has 0 aliphatic carbocycles. The molecule has 2 rings (SSSR count). The molecule has 90 valence electrons. The van der Waals surface area contributed by atoms with Crippen molar-refractivity contribution in [1.29, 1.82) is 0 Å². The Labute approximate surface area is 95.7 Å². The van der Waals surface area contributed by atoms with Gasteiger partial charge in [0, 0.05) is 24.4 Å². The van der Waals surface area contributed by atoms with E-state index in [1.807, 2.05) is 0 Å². The second-order valence-corrected chi connectivity index (χ2v) is 3.66. The molecule has 0 saturated carbocycles. The lowest BCUT2D eigenvalue weighted by Gasteiger charge is -2.09. The number of benzene rings is 1. The molecule has 1 aromatic carbocycles. The molecule has 2 N–H and O–H groups in total. The number of aromatic nitrogens is 2. The Hall–Kier alpha value is -1.98. The predicted octanol–water partition coefficient (Wildman–Crippen LogP) is 2.75. The molecule has 1 aromatic heterocycles. The Balaban J connectivity index is 2.63. The van der Waals surface area contributed by atoms with Gasteiger partial charge in [-0.15, -0.1) is 0 Å². The van der Waals surface area contributed by atoms with E-state index in [0.29, 0.717) is 5.56 Å². The van der Waals surface area contributed by atoms with Gasteiger partial charge in [-0.25, -0.2) is 13.2 Å². The lowest BCUT2D eigenvalue weighted by molar-refractivity contribution is 0.152. The topological polar surface area (TPSA) is 43.8 Å². The van der Waals surface area contributed by atoms with Gasteiger partial charge in [-0.1, -0.05) is 0 Å². The predicted molar refractivity (Wildman–Crippen MR) is 58.0 cm³/mol. The molecular weight excluding hydrogens is 231 g/mol. The second kappa shape index (κ2) is 4.12. The van der Waals surface area contributed by atoms with E-state index in [2.05, 4.69) is 5.10 Å². The maximum atomic E-state index is 13.3. The van der Waals surface area contributed by atoms with Crippen molar-refractivity contribution in [3.05, 3.63) is 35.9 Å². The van der Waals surface area contributed by atoms with Gasteiger partial charge < -0.3 is 5.73 Å². The summed E-state index contributed by atoms with van der Waals surface area (Å²) in [7, 11) is 1.65. The normalized spacial score (nSPS) is 11.1. The third kappa shape index (κ3) is 2.11. The van der Waals surface area contributed by atoms with E-state index >= 15 is 0 Å². The average molecular weight is 241 g/mol. The third-order valence-electron chi connectivity index (χ3n) is 2.42. The summed E-state index contributed by atoms with van der Waals surface area (Å²) in [6.07, 6.45) is 0.223. The number of hydrogen-bond acceptors (Lipinski definition) is 2. The number of anilines is 1. The third-order valence-corrected chi connectivity index (χ3v) is 2.42. The molecule has 0 aliphatic rings. The summed E-state index contributed by atoms with van der Waals surface area (Å²) < 4.78 is 40.4. The van der Waals surface area contributed by atoms with E-state index in [4.69, 9.17) is 5.73 Å². The molecule has 0 aliphatic heterocycles. The van der Waals surface area contributed by atoms with Crippen LogP contribution in [0.5, 0.6) is 0 Å². The highest BCUT2D eigenvalue weighted by Crippen LogP contribution is 2.33. The largest absolute Gasteiger partial charge is 0.396 e. The molecule has 3 nitrogen and oxygen atoms in total. The second-order valence-electron chi connectivity index (χ2n) is 3.66. The summed E-state index contributed by atoms with van der Waals surface area (Å²) >= 11 is 0. The number of nitrogens with two attached hydrogens (primary N) is 1. The van der Waals surface area contributed by atoms with Crippen LogP contribution in [0.2, 0.25) is 0 Å². The van der Waals surface area contributed by atoms with Crippen LogP contribution < -0.4 is 5.73 Å². The van der Waals surface area contributed by atoms with Gasteiger partial charge in [-0.2, -0.15) is 5.10 Å². The molecule has 0 fully saturated rings. The molecular formula is C11H10F3N3. The Morgan fingerprint density at radius 2 is 2.06 bits per heavy atom. The van der Waals surface area contributed by atoms with E-state index in [0.717, 1.165) is 12.1 Å². The highest BCUT2D eigenvalue weighted by atomic mass is 19.3. The molecule has 0 atom stereocenters. The van der Waals surface area contributed by atoms with Crippen LogP contribution >= 0.6 is 0 Å². The van der Waals surface area contributed by atoms with Crippen molar-refractivity contribution in [3.63, 3.8) is 0 Å². The number of hydrogen-bond donors (Lipinski definition) is 1. The Kier molecular flexibility index (Phi) is 2.79. The van der Waals surface area contributed by atoms with Crippen LogP contribution in [0, 0.1) is 5.82 Å². The monoisotopic (exact) mass is 241 g/mol. The first-order valence-corrected chi connectivity index (χ1v) is 4.85. The molecule has 0 amide bonds. The number of rotatable bonds is 2. The first-order valence-electron chi connectivity index (χ1n) is 4.85. The van der Waals surface area contributed by atoms with Gasteiger partial charge in [0.05, 0.1) is 11.9 Å². The summed E-state index contributed by atoms with van der Waals surface area (Å²) in [5, 5.41) is 3.86. The summed E-state index contributed by atoms with van der Waals surface area (Å²) in [5.74, 6) is -0.715. The summed E-state index contributed by atoms with van der Waals surface area (Å²) in [4.78, 5) is 0. The van der Waals surface area contributed by atoms with Crippen molar-refractivity contribution in [2.45, 2.75) is 6.43 Å². The lowest BCUT2D eigenvalue weighted by atomic mass is 10.0. The minimum atomic E-state index is -2.71. The SMILES string of the molecule is Cn1cc(-c2cc(F)c(N)cc2C(F)F)cn1. The quantitative estimate of drug-likeness (QED) is 0.821. The van der Waals surface area contributed by atoms with Crippen molar-refractivity contribution >= 4 is 5.69 Å². The first kappa shape index (κ1) is 11.5. The van der Waals surface area contributed by atoms with Crippen LogP contribution in [0.15, 0.2) is 24.5 Å². The van der Waals surface area contributed by atoms with Crippen LogP contribution in [-0.2, 0) is 7.05 Å². The first-order chi connectivity index (χ1) is 7.99. The van der Waals surface area contributed by atoms with E-state index in [1.165, 1.54) is 17.1 Å². The van der Waals surface area contributed by atoms with Gasteiger partial charge in [0.15, 0.2) is 0 Å². The van der Waals surface area contributed by atoms with Gasteiger partial charge >= 0.3 is 0 Å². The lowest BCUT2D eigenvalue weighted by Crippen LogP contribution is -1.97.